The van der Waals surface area contributed by atoms with Crippen molar-refractivity contribution in [2.45, 2.75) is 63.5 Å². The standard InChI is InChI=1S/C28H36Cl2F2N4O8S/c1-5-42-25(43-6-2)15-36(16(3)4)27(38)22(12-17-7-9-20(31)21(32)11-17)35-26(37)23(44-28(33)39)14-34-45(40,41)24-10-8-18(29)13-19(24)30/h7-11,13,16,22-23,25,34H,5-6,12,14-15H2,1-4H3,(H2,33,39)(H,35,37). The first kappa shape index (κ1) is 38.1. The van der Waals surface area contributed by atoms with Crippen molar-refractivity contribution in [3.63, 3.8) is 0 Å². The number of nitrogens with zero attached hydrogens (tertiary/aromatic N) is 1. The lowest BCUT2D eigenvalue weighted by Gasteiger charge is -2.34. The summed E-state index contributed by atoms with van der Waals surface area (Å²) in [5.41, 5.74) is 5.28. The van der Waals surface area contributed by atoms with Gasteiger partial charge in [0.2, 0.25) is 15.9 Å². The molecule has 2 atom stereocenters. The van der Waals surface area contributed by atoms with Crippen LogP contribution in [0.2, 0.25) is 10.0 Å². The van der Waals surface area contributed by atoms with Crippen molar-refractivity contribution in [1.82, 2.24) is 14.9 Å². The van der Waals surface area contributed by atoms with E-state index in [1.165, 1.54) is 23.1 Å². The van der Waals surface area contributed by atoms with Crippen LogP contribution in [-0.4, -0.2) is 82.0 Å². The van der Waals surface area contributed by atoms with E-state index in [2.05, 4.69) is 10.0 Å². The summed E-state index contributed by atoms with van der Waals surface area (Å²) >= 11 is 11.8. The molecule has 0 saturated carbocycles. The number of carbonyl (C=O) groups excluding carboxylic acids is 3. The van der Waals surface area contributed by atoms with Gasteiger partial charge >= 0.3 is 6.09 Å². The largest absolute Gasteiger partial charge is 0.435 e. The molecule has 0 spiro atoms. The third kappa shape index (κ3) is 11.7. The molecular formula is C28H36Cl2F2N4O8S. The molecule has 2 aromatic rings. The van der Waals surface area contributed by atoms with Gasteiger partial charge < -0.3 is 30.2 Å². The molecule has 12 nitrogen and oxygen atoms in total. The summed E-state index contributed by atoms with van der Waals surface area (Å²) in [5, 5.41) is 2.40. The van der Waals surface area contributed by atoms with Crippen LogP contribution in [0, 0.1) is 11.6 Å². The molecule has 0 aliphatic carbocycles. The van der Waals surface area contributed by atoms with Gasteiger partial charge in [-0.2, -0.15) is 0 Å². The molecule has 4 N–H and O–H groups in total. The van der Waals surface area contributed by atoms with E-state index in [-0.39, 0.29) is 46.7 Å². The van der Waals surface area contributed by atoms with E-state index in [0.717, 1.165) is 18.2 Å². The first-order valence-corrected chi connectivity index (χ1v) is 16.0. The normalized spacial score (nSPS) is 13.0. The van der Waals surface area contributed by atoms with Gasteiger partial charge in [0.05, 0.1) is 18.1 Å². The van der Waals surface area contributed by atoms with Crippen LogP contribution in [0.4, 0.5) is 13.6 Å². The fourth-order valence-corrected chi connectivity index (χ4v) is 5.90. The van der Waals surface area contributed by atoms with Gasteiger partial charge in [-0.3, -0.25) is 9.59 Å². The topological polar surface area (TPSA) is 166 Å². The Bertz CT molecular complexity index is 1450. The van der Waals surface area contributed by atoms with E-state index < -0.39 is 70.6 Å². The average molecular weight is 698 g/mol. The molecule has 2 aromatic carbocycles. The Kier molecular flexibility index (Phi) is 14.9. The second kappa shape index (κ2) is 17.6. The molecule has 17 heteroatoms. The monoisotopic (exact) mass is 696 g/mol. The van der Waals surface area contributed by atoms with Crippen LogP contribution in [-0.2, 0) is 40.2 Å². The number of hydrogen-bond acceptors (Lipinski definition) is 8. The zero-order valence-corrected chi connectivity index (χ0v) is 27.3. The average Bonchev–Trinajstić information content (AvgIpc) is 2.94. The number of carbonyl (C=O) groups is 3. The van der Waals surface area contributed by atoms with Crippen LogP contribution in [0.5, 0.6) is 0 Å². The fourth-order valence-electron chi connectivity index (χ4n) is 4.09. The Hall–Kier alpha value is -3.08. The molecule has 3 amide bonds. The van der Waals surface area contributed by atoms with Gasteiger partial charge in [-0.15, -0.1) is 0 Å². The lowest BCUT2D eigenvalue weighted by Crippen LogP contribution is -2.56. The number of halogens is 4. The summed E-state index contributed by atoms with van der Waals surface area (Å²) < 4.78 is 71.6. The molecule has 45 heavy (non-hydrogen) atoms. The maximum absolute atomic E-state index is 14.1. The smallest absolute Gasteiger partial charge is 0.405 e. The predicted octanol–water partition coefficient (Wildman–Crippen LogP) is 3.38. The molecule has 0 saturated heterocycles. The quantitative estimate of drug-likeness (QED) is 0.212. The third-order valence-electron chi connectivity index (χ3n) is 6.19. The van der Waals surface area contributed by atoms with E-state index in [4.69, 9.17) is 43.1 Å². The Balaban J connectivity index is 2.41. The number of rotatable bonds is 17. The fraction of sp³-hybridized carbons (Fsp3) is 0.464. The van der Waals surface area contributed by atoms with Crippen molar-refractivity contribution in [2.75, 3.05) is 26.3 Å². The van der Waals surface area contributed by atoms with E-state index in [0.29, 0.717) is 0 Å². The second-order valence-corrected chi connectivity index (χ2v) is 12.4. The van der Waals surface area contributed by atoms with Crippen molar-refractivity contribution in [3.8, 4) is 0 Å². The number of ether oxygens (including phenoxy) is 3. The molecule has 0 aromatic heterocycles. The van der Waals surface area contributed by atoms with Crippen LogP contribution in [0.15, 0.2) is 41.3 Å². The van der Waals surface area contributed by atoms with Crippen molar-refractivity contribution in [2.24, 2.45) is 5.73 Å². The predicted molar refractivity (Wildman–Crippen MR) is 162 cm³/mol. The highest BCUT2D eigenvalue weighted by molar-refractivity contribution is 7.89. The summed E-state index contributed by atoms with van der Waals surface area (Å²) in [5.74, 6) is -4.08. The van der Waals surface area contributed by atoms with Gasteiger partial charge in [0.25, 0.3) is 5.91 Å². The van der Waals surface area contributed by atoms with E-state index in [1.54, 1.807) is 27.7 Å². The number of nitrogens with two attached hydrogens (primary N) is 1. The maximum Gasteiger partial charge on any atom is 0.405 e. The molecular weight excluding hydrogens is 661 g/mol. The van der Waals surface area contributed by atoms with Crippen LogP contribution in [0.1, 0.15) is 33.3 Å². The highest BCUT2D eigenvalue weighted by atomic mass is 35.5. The first-order chi connectivity index (χ1) is 21.1. The van der Waals surface area contributed by atoms with Crippen molar-refractivity contribution < 1.29 is 45.8 Å². The minimum atomic E-state index is -4.36. The van der Waals surface area contributed by atoms with Crippen molar-refractivity contribution in [3.05, 3.63) is 63.6 Å². The Labute approximate surface area is 270 Å². The Morgan fingerprint density at radius 3 is 2.18 bits per heavy atom. The SMILES string of the molecule is CCOC(CN(C(=O)C(Cc1ccc(F)c(F)c1)NC(=O)C(CNS(=O)(=O)c1ccc(Cl)cc1Cl)OC(N)=O)C(C)C)OCC. The summed E-state index contributed by atoms with van der Waals surface area (Å²) in [6.07, 6.45) is -4.42. The molecule has 0 aliphatic rings. The van der Waals surface area contributed by atoms with Crippen LogP contribution >= 0.6 is 23.2 Å². The molecule has 0 bridgehead atoms. The minimum absolute atomic E-state index is 0.0504. The Morgan fingerprint density at radius 2 is 1.64 bits per heavy atom. The Morgan fingerprint density at radius 1 is 1.00 bits per heavy atom. The zero-order valence-electron chi connectivity index (χ0n) is 25.0. The van der Waals surface area contributed by atoms with E-state index in [1.807, 2.05) is 0 Å². The maximum atomic E-state index is 14.1. The first-order valence-electron chi connectivity index (χ1n) is 13.8. The molecule has 0 radical (unpaired) electrons. The van der Waals surface area contributed by atoms with Gasteiger partial charge in [-0.05, 0) is 63.6 Å². The molecule has 0 aliphatic heterocycles. The zero-order chi connectivity index (χ0) is 33.9. The van der Waals surface area contributed by atoms with Crippen molar-refractivity contribution in [1.29, 1.82) is 0 Å². The van der Waals surface area contributed by atoms with Crippen LogP contribution in [0.25, 0.3) is 0 Å². The molecule has 2 unspecified atom stereocenters. The van der Waals surface area contributed by atoms with Gasteiger partial charge in [0.1, 0.15) is 10.9 Å². The summed E-state index contributed by atoms with van der Waals surface area (Å²) in [7, 11) is -4.36. The summed E-state index contributed by atoms with van der Waals surface area (Å²) in [6, 6.07) is 4.69. The number of sulfonamides is 1. The van der Waals surface area contributed by atoms with Crippen LogP contribution < -0.4 is 15.8 Å². The molecule has 0 fully saturated rings. The number of benzene rings is 2. The van der Waals surface area contributed by atoms with Gasteiger partial charge in [-0.1, -0.05) is 29.3 Å². The second-order valence-electron chi connectivity index (χ2n) is 9.79. The third-order valence-corrected chi connectivity index (χ3v) is 8.33. The van der Waals surface area contributed by atoms with Gasteiger partial charge in [0, 0.05) is 30.7 Å². The number of hydrogen-bond donors (Lipinski definition) is 3. The van der Waals surface area contributed by atoms with E-state index in [9.17, 15) is 31.6 Å². The van der Waals surface area contributed by atoms with Gasteiger partial charge in [-0.25, -0.2) is 26.7 Å². The van der Waals surface area contributed by atoms with Crippen molar-refractivity contribution >= 4 is 51.1 Å². The number of amides is 3. The molecule has 2 rings (SSSR count). The molecule has 250 valence electrons. The lowest BCUT2D eigenvalue weighted by molar-refractivity contribution is -0.163. The summed E-state index contributed by atoms with van der Waals surface area (Å²) in [4.78, 5) is 39.9. The lowest BCUT2D eigenvalue weighted by atomic mass is 10.0. The molecule has 0 heterocycles. The number of nitrogens with one attached hydrogen (secondary N) is 2. The van der Waals surface area contributed by atoms with Gasteiger partial charge in [0.15, 0.2) is 24.0 Å². The minimum Gasteiger partial charge on any atom is -0.435 e. The highest BCUT2D eigenvalue weighted by Crippen LogP contribution is 2.25. The number of primary amides is 1. The van der Waals surface area contributed by atoms with E-state index >= 15 is 0 Å². The summed E-state index contributed by atoms with van der Waals surface area (Å²) in [6.45, 7) is 6.60. The highest BCUT2D eigenvalue weighted by Gasteiger charge is 2.34. The van der Waals surface area contributed by atoms with Crippen LogP contribution in [0.3, 0.4) is 0 Å².